The number of fused-ring (bicyclic) bond motifs is 1. The van der Waals surface area contributed by atoms with Gasteiger partial charge in [-0.2, -0.15) is 17.2 Å². The van der Waals surface area contributed by atoms with Gasteiger partial charge in [-0.3, -0.25) is 4.79 Å². The minimum Gasteiger partial charge on any atom is -0.361 e. The molecule has 0 saturated heterocycles. The average molecular weight is 372 g/mol. The lowest BCUT2D eigenvalue weighted by molar-refractivity contribution is -0.125. The Morgan fingerprint density at radius 1 is 1.52 bits per heavy atom. The van der Waals surface area contributed by atoms with Crippen LogP contribution in [0.25, 0.3) is 10.9 Å². The van der Waals surface area contributed by atoms with Crippen molar-refractivity contribution < 1.29 is 10.0 Å². The van der Waals surface area contributed by atoms with Gasteiger partial charge in [-0.05, 0) is 24.0 Å². The van der Waals surface area contributed by atoms with Gasteiger partial charge < -0.3 is 15.5 Å². The number of aromatic amines is 1. The Balaban J connectivity index is 2.11. The summed E-state index contributed by atoms with van der Waals surface area (Å²) in [6.45, 7) is 0.593. The van der Waals surface area contributed by atoms with Gasteiger partial charge in [0.25, 0.3) is 0 Å². The van der Waals surface area contributed by atoms with Crippen molar-refractivity contribution in [2.45, 2.75) is 12.5 Å². The van der Waals surface area contributed by atoms with Gasteiger partial charge in [0.1, 0.15) is 6.04 Å². The summed E-state index contributed by atoms with van der Waals surface area (Å²) in [5, 5.41) is 13.1. The molecular formula is C14H18BrN3O2S. The summed E-state index contributed by atoms with van der Waals surface area (Å²) in [6.07, 6.45) is 4.26. The molecule has 1 amide bonds. The topological polar surface area (TPSA) is 77.2 Å². The number of amides is 1. The van der Waals surface area contributed by atoms with Crippen LogP contribution >= 0.6 is 27.7 Å². The second-order valence-corrected chi connectivity index (χ2v) is 6.49. The molecule has 0 saturated carbocycles. The monoisotopic (exact) mass is 371 g/mol. The third-order valence-corrected chi connectivity index (χ3v) is 4.51. The van der Waals surface area contributed by atoms with Crippen LogP contribution in [0.3, 0.4) is 0 Å². The van der Waals surface area contributed by atoms with Crippen LogP contribution in [0.4, 0.5) is 0 Å². The Morgan fingerprint density at radius 3 is 3.05 bits per heavy atom. The number of carbonyl (C=O) groups excluding carboxylic acids is 1. The van der Waals surface area contributed by atoms with Crippen LogP contribution in [0.5, 0.6) is 0 Å². The predicted molar refractivity (Wildman–Crippen MR) is 89.8 cm³/mol. The van der Waals surface area contributed by atoms with Crippen molar-refractivity contribution in [3.63, 3.8) is 0 Å². The number of hydrogen-bond donors (Lipinski definition) is 4. The zero-order valence-electron chi connectivity index (χ0n) is 11.6. The van der Waals surface area contributed by atoms with E-state index in [1.807, 2.05) is 30.7 Å². The van der Waals surface area contributed by atoms with Crippen LogP contribution in [0, 0.1) is 0 Å². The van der Waals surface area contributed by atoms with Crippen LogP contribution in [0.1, 0.15) is 5.56 Å². The molecular weight excluding hydrogens is 354 g/mol. The van der Waals surface area contributed by atoms with Crippen LogP contribution in [-0.2, 0) is 11.2 Å². The second-order valence-electron chi connectivity index (χ2n) is 4.65. The number of hydroxylamine groups is 1. The summed E-state index contributed by atoms with van der Waals surface area (Å²) in [7, 11) is 0. The molecule has 2 rings (SSSR count). The number of carbonyl (C=O) groups is 1. The number of H-pyrrole nitrogens is 1. The van der Waals surface area contributed by atoms with Gasteiger partial charge in [0.2, 0.25) is 5.91 Å². The zero-order chi connectivity index (χ0) is 15.2. The molecule has 0 radical (unpaired) electrons. The maximum absolute atomic E-state index is 12.0. The standard InChI is InChI=1S/C14H18BrN3O2S/c1-21-6-5-16-14(19)12(18-20)7-9-8-17-11-4-2-3-10(15)13(9)11/h2-4,8,12,17-18,20H,5-7H2,1H3,(H,16,19). The number of hydrogen-bond acceptors (Lipinski definition) is 4. The first-order chi connectivity index (χ1) is 10.2. The number of rotatable bonds is 7. The number of aromatic nitrogens is 1. The highest BCUT2D eigenvalue weighted by Crippen LogP contribution is 2.27. The maximum atomic E-state index is 12.0. The van der Waals surface area contributed by atoms with Crippen LogP contribution < -0.4 is 10.8 Å². The molecule has 0 fully saturated rings. The smallest absolute Gasteiger partial charge is 0.239 e. The first kappa shape index (κ1) is 16.4. The molecule has 0 spiro atoms. The van der Waals surface area contributed by atoms with Crippen molar-refractivity contribution in [1.82, 2.24) is 15.8 Å². The highest BCUT2D eigenvalue weighted by Gasteiger charge is 2.20. The van der Waals surface area contributed by atoms with E-state index < -0.39 is 6.04 Å². The summed E-state index contributed by atoms with van der Waals surface area (Å²) >= 11 is 5.18. The number of halogens is 1. The third-order valence-electron chi connectivity index (χ3n) is 3.24. The summed E-state index contributed by atoms with van der Waals surface area (Å²) < 4.78 is 0.968. The van der Waals surface area contributed by atoms with Gasteiger partial charge in [0.15, 0.2) is 0 Å². The van der Waals surface area contributed by atoms with Gasteiger partial charge in [0.05, 0.1) is 0 Å². The molecule has 114 valence electrons. The molecule has 0 aliphatic carbocycles. The quantitative estimate of drug-likeness (QED) is 0.444. The highest BCUT2D eigenvalue weighted by molar-refractivity contribution is 9.10. The normalized spacial score (nSPS) is 12.5. The van der Waals surface area contributed by atoms with Gasteiger partial charge in [-0.15, -0.1) is 0 Å². The Bertz CT molecular complexity index is 617. The van der Waals surface area contributed by atoms with E-state index in [1.54, 1.807) is 11.8 Å². The van der Waals surface area contributed by atoms with E-state index in [0.717, 1.165) is 26.7 Å². The first-order valence-electron chi connectivity index (χ1n) is 6.58. The molecule has 1 aromatic carbocycles. The lowest BCUT2D eigenvalue weighted by atomic mass is 10.0. The van der Waals surface area contributed by atoms with Crippen molar-refractivity contribution in [2.24, 2.45) is 0 Å². The van der Waals surface area contributed by atoms with Gasteiger partial charge in [0, 0.05) is 40.3 Å². The van der Waals surface area contributed by atoms with Crippen LogP contribution in [-0.4, -0.2) is 40.7 Å². The molecule has 0 bridgehead atoms. The summed E-state index contributed by atoms with van der Waals surface area (Å²) in [5.74, 6) is 0.649. The van der Waals surface area contributed by atoms with Gasteiger partial charge in [-0.25, -0.2) is 0 Å². The second kappa shape index (κ2) is 7.84. The van der Waals surface area contributed by atoms with Crippen molar-refractivity contribution in [1.29, 1.82) is 0 Å². The molecule has 0 aliphatic rings. The summed E-state index contributed by atoms with van der Waals surface area (Å²) in [5.41, 5.74) is 4.08. The molecule has 0 aliphatic heterocycles. The fourth-order valence-electron chi connectivity index (χ4n) is 2.19. The maximum Gasteiger partial charge on any atom is 0.239 e. The van der Waals surface area contributed by atoms with E-state index in [2.05, 4.69) is 31.7 Å². The lowest BCUT2D eigenvalue weighted by Gasteiger charge is -2.14. The van der Waals surface area contributed by atoms with Gasteiger partial charge in [-0.1, -0.05) is 22.0 Å². The third kappa shape index (κ3) is 4.00. The molecule has 1 atom stereocenters. The van der Waals surface area contributed by atoms with E-state index in [4.69, 9.17) is 0 Å². The largest absolute Gasteiger partial charge is 0.361 e. The minimum absolute atomic E-state index is 0.201. The molecule has 1 aromatic heterocycles. The molecule has 21 heavy (non-hydrogen) atoms. The molecule has 4 N–H and O–H groups in total. The summed E-state index contributed by atoms with van der Waals surface area (Å²) in [4.78, 5) is 15.2. The highest BCUT2D eigenvalue weighted by atomic mass is 79.9. The molecule has 7 heteroatoms. The van der Waals surface area contributed by atoms with Crippen LogP contribution in [0.15, 0.2) is 28.9 Å². The van der Waals surface area contributed by atoms with Crippen molar-refractivity contribution in [2.75, 3.05) is 18.6 Å². The van der Waals surface area contributed by atoms with E-state index in [1.165, 1.54) is 0 Å². The van der Waals surface area contributed by atoms with Crippen molar-refractivity contribution >= 4 is 44.5 Å². The molecule has 1 unspecified atom stereocenters. The first-order valence-corrected chi connectivity index (χ1v) is 8.76. The van der Waals surface area contributed by atoms with Gasteiger partial charge >= 0.3 is 0 Å². The number of benzene rings is 1. The Kier molecular flexibility index (Phi) is 6.10. The Labute approximate surface area is 136 Å². The van der Waals surface area contributed by atoms with Crippen molar-refractivity contribution in [3.05, 3.63) is 34.4 Å². The molecule has 5 nitrogen and oxygen atoms in total. The molecule has 1 heterocycles. The van der Waals surface area contributed by atoms with E-state index in [9.17, 15) is 10.0 Å². The zero-order valence-corrected chi connectivity index (χ0v) is 14.1. The van der Waals surface area contributed by atoms with Crippen molar-refractivity contribution in [3.8, 4) is 0 Å². The fourth-order valence-corrected chi connectivity index (χ4v) is 3.11. The minimum atomic E-state index is -0.669. The average Bonchev–Trinajstić information content (AvgIpc) is 2.89. The summed E-state index contributed by atoms with van der Waals surface area (Å²) in [6, 6.07) is 5.21. The fraction of sp³-hybridized carbons (Fsp3) is 0.357. The SMILES string of the molecule is CSCCNC(=O)C(Cc1c[nH]c2cccc(Br)c12)NO. The van der Waals surface area contributed by atoms with Crippen LogP contribution in [0.2, 0.25) is 0 Å². The van der Waals surface area contributed by atoms with E-state index >= 15 is 0 Å². The number of nitrogens with one attached hydrogen (secondary N) is 3. The lowest BCUT2D eigenvalue weighted by Crippen LogP contribution is -2.44. The van der Waals surface area contributed by atoms with E-state index in [-0.39, 0.29) is 5.91 Å². The predicted octanol–water partition coefficient (Wildman–Crippen LogP) is 2.30. The molecule has 2 aromatic rings. The van der Waals surface area contributed by atoms with E-state index in [0.29, 0.717) is 13.0 Å². The Hall–Kier alpha value is -1.02. The Morgan fingerprint density at radius 2 is 2.33 bits per heavy atom. The number of thioether (sulfide) groups is 1.